The van der Waals surface area contributed by atoms with Crippen molar-refractivity contribution >= 4 is 11.7 Å². The minimum atomic E-state index is -0.434. The summed E-state index contributed by atoms with van der Waals surface area (Å²) in [5, 5.41) is 5.37. The van der Waals surface area contributed by atoms with Crippen molar-refractivity contribution in [3.05, 3.63) is 30.1 Å². The largest absolute Gasteiger partial charge is 0.336 e. The lowest BCUT2D eigenvalue weighted by molar-refractivity contribution is 0.193. The normalized spacial score (nSPS) is 12.5. The first kappa shape index (κ1) is 17.4. The van der Waals surface area contributed by atoms with Gasteiger partial charge in [-0.15, -0.1) is 0 Å². The van der Waals surface area contributed by atoms with Crippen LogP contribution in [-0.4, -0.2) is 37.6 Å². The number of likely N-dealkylation sites (N-methyl/N-ethyl adjacent to an activating group) is 1. The predicted octanol–water partition coefficient (Wildman–Crippen LogP) is 3.31. The summed E-state index contributed by atoms with van der Waals surface area (Å²) < 4.78 is 13.5. The monoisotopic (exact) mass is 295 g/mol. The summed E-state index contributed by atoms with van der Waals surface area (Å²) in [5.41, 5.74) is 0.193. The molecular weight excluding hydrogens is 269 g/mol. The van der Waals surface area contributed by atoms with Gasteiger partial charge in [-0.2, -0.15) is 0 Å². The average Bonchev–Trinajstić information content (AvgIpc) is 2.45. The first-order valence-corrected chi connectivity index (χ1v) is 7.45. The van der Waals surface area contributed by atoms with E-state index in [0.29, 0.717) is 12.5 Å². The van der Waals surface area contributed by atoms with Crippen LogP contribution in [0.15, 0.2) is 24.3 Å². The van der Waals surface area contributed by atoms with Crippen LogP contribution in [0.2, 0.25) is 0 Å². The molecule has 0 aliphatic carbocycles. The summed E-state index contributed by atoms with van der Waals surface area (Å²) in [6.07, 6.45) is 2.13. The van der Waals surface area contributed by atoms with Crippen LogP contribution in [0.4, 0.5) is 14.9 Å². The highest BCUT2D eigenvalue weighted by atomic mass is 19.1. The Morgan fingerprint density at radius 1 is 1.24 bits per heavy atom. The molecule has 0 radical (unpaired) electrons. The van der Waals surface area contributed by atoms with E-state index in [9.17, 15) is 9.18 Å². The number of hydrogen-bond donors (Lipinski definition) is 2. The summed E-state index contributed by atoms with van der Waals surface area (Å²) in [6.45, 7) is 4.85. The molecule has 1 aromatic carbocycles. The summed E-state index contributed by atoms with van der Waals surface area (Å²) in [4.78, 5) is 14.0. The van der Waals surface area contributed by atoms with Gasteiger partial charge in [-0.3, -0.25) is 0 Å². The van der Waals surface area contributed by atoms with Crippen LogP contribution in [0, 0.1) is 11.7 Å². The number of nitrogens with zero attached hydrogens (tertiary/aromatic N) is 1. The fourth-order valence-electron chi connectivity index (χ4n) is 2.53. The van der Waals surface area contributed by atoms with Crippen molar-refractivity contribution in [3.8, 4) is 0 Å². The van der Waals surface area contributed by atoms with E-state index in [4.69, 9.17) is 0 Å². The van der Waals surface area contributed by atoms with E-state index in [1.807, 2.05) is 14.1 Å². The quantitative estimate of drug-likeness (QED) is 0.810. The molecular formula is C16H26FN3O. The Labute approximate surface area is 126 Å². The fourth-order valence-corrected chi connectivity index (χ4v) is 2.53. The number of carbonyl (C=O) groups is 1. The van der Waals surface area contributed by atoms with Gasteiger partial charge in [0, 0.05) is 12.6 Å². The van der Waals surface area contributed by atoms with Crippen molar-refractivity contribution < 1.29 is 9.18 Å². The van der Waals surface area contributed by atoms with E-state index in [1.54, 1.807) is 18.2 Å². The lowest BCUT2D eigenvalue weighted by Crippen LogP contribution is -2.45. The molecule has 2 N–H and O–H groups in total. The van der Waals surface area contributed by atoms with Gasteiger partial charge in [0.25, 0.3) is 0 Å². The molecule has 118 valence electrons. The second-order valence-corrected chi connectivity index (χ2v) is 5.42. The van der Waals surface area contributed by atoms with E-state index < -0.39 is 5.82 Å². The topological polar surface area (TPSA) is 44.4 Å². The SMILES string of the molecule is CCC(CC)C(CNC(=O)Nc1ccccc1F)N(C)C. The van der Waals surface area contributed by atoms with Crippen molar-refractivity contribution in [3.63, 3.8) is 0 Å². The van der Waals surface area contributed by atoms with Gasteiger partial charge in [-0.25, -0.2) is 9.18 Å². The molecule has 0 fully saturated rings. The maximum absolute atomic E-state index is 13.5. The third-order valence-corrected chi connectivity index (χ3v) is 3.85. The van der Waals surface area contributed by atoms with Gasteiger partial charge >= 0.3 is 6.03 Å². The van der Waals surface area contributed by atoms with Crippen LogP contribution in [0.5, 0.6) is 0 Å². The first-order valence-electron chi connectivity index (χ1n) is 7.45. The molecule has 0 heterocycles. The number of para-hydroxylation sites is 1. The van der Waals surface area contributed by atoms with Gasteiger partial charge in [0.1, 0.15) is 5.82 Å². The molecule has 4 nitrogen and oxygen atoms in total. The Hall–Kier alpha value is -1.62. The second kappa shape index (κ2) is 8.62. The molecule has 21 heavy (non-hydrogen) atoms. The van der Waals surface area contributed by atoms with E-state index in [2.05, 4.69) is 29.4 Å². The van der Waals surface area contributed by atoms with Gasteiger partial charge in [-0.05, 0) is 32.1 Å². The number of carbonyl (C=O) groups excluding carboxylic acids is 1. The van der Waals surface area contributed by atoms with Crippen molar-refractivity contribution in [1.82, 2.24) is 10.2 Å². The predicted molar refractivity (Wildman–Crippen MR) is 85.0 cm³/mol. The smallest absolute Gasteiger partial charge is 0.319 e. The highest BCUT2D eigenvalue weighted by molar-refractivity contribution is 5.89. The zero-order valence-corrected chi connectivity index (χ0v) is 13.3. The number of benzene rings is 1. The number of nitrogens with one attached hydrogen (secondary N) is 2. The van der Waals surface area contributed by atoms with Crippen molar-refractivity contribution in [2.24, 2.45) is 5.92 Å². The molecule has 5 heteroatoms. The van der Waals surface area contributed by atoms with E-state index in [-0.39, 0.29) is 17.8 Å². The number of hydrogen-bond acceptors (Lipinski definition) is 2. The zero-order chi connectivity index (χ0) is 15.8. The number of halogens is 1. The maximum Gasteiger partial charge on any atom is 0.319 e. The van der Waals surface area contributed by atoms with Gasteiger partial charge < -0.3 is 15.5 Å². The van der Waals surface area contributed by atoms with Gasteiger partial charge in [0.05, 0.1) is 5.69 Å². The Balaban J connectivity index is 2.56. The standard InChI is InChI=1S/C16H26FN3O/c1-5-12(6-2)15(20(3)4)11-18-16(21)19-14-10-8-7-9-13(14)17/h7-10,12,15H,5-6,11H2,1-4H3,(H2,18,19,21). The molecule has 1 rings (SSSR count). The van der Waals surface area contributed by atoms with Crippen LogP contribution in [0.25, 0.3) is 0 Å². The van der Waals surface area contributed by atoms with Gasteiger partial charge in [-0.1, -0.05) is 38.8 Å². The third-order valence-electron chi connectivity index (χ3n) is 3.85. The van der Waals surface area contributed by atoms with Crippen LogP contribution >= 0.6 is 0 Å². The molecule has 0 spiro atoms. The molecule has 1 unspecified atom stereocenters. The van der Waals surface area contributed by atoms with Crippen LogP contribution in [0.3, 0.4) is 0 Å². The van der Waals surface area contributed by atoms with Crippen LogP contribution in [-0.2, 0) is 0 Å². The van der Waals surface area contributed by atoms with Crippen molar-refractivity contribution in [2.75, 3.05) is 26.0 Å². The second-order valence-electron chi connectivity index (χ2n) is 5.42. The van der Waals surface area contributed by atoms with Gasteiger partial charge in [0.15, 0.2) is 0 Å². The number of urea groups is 1. The minimum absolute atomic E-state index is 0.193. The fraction of sp³-hybridized carbons (Fsp3) is 0.562. The Kier molecular flexibility index (Phi) is 7.15. The van der Waals surface area contributed by atoms with Crippen LogP contribution < -0.4 is 10.6 Å². The van der Waals surface area contributed by atoms with Gasteiger partial charge in [0.2, 0.25) is 0 Å². The molecule has 0 aliphatic heterocycles. The van der Waals surface area contributed by atoms with E-state index in [1.165, 1.54) is 6.07 Å². The Morgan fingerprint density at radius 3 is 2.38 bits per heavy atom. The molecule has 2 amide bonds. The lowest BCUT2D eigenvalue weighted by atomic mass is 9.93. The number of rotatable bonds is 7. The number of anilines is 1. The Morgan fingerprint density at radius 2 is 1.86 bits per heavy atom. The highest BCUT2D eigenvalue weighted by Crippen LogP contribution is 2.16. The average molecular weight is 295 g/mol. The summed E-state index contributed by atoms with van der Waals surface area (Å²) >= 11 is 0. The van der Waals surface area contributed by atoms with Crippen molar-refractivity contribution in [1.29, 1.82) is 0 Å². The third kappa shape index (κ3) is 5.34. The molecule has 0 saturated carbocycles. The van der Waals surface area contributed by atoms with E-state index >= 15 is 0 Å². The van der Waals surface area contributed by atoms with Crippen LogP contribution in [0.1, 0.15) is 26.7 Å². The molecule has 0 saturated heterocycles. The minimum Gasteiger partial charge on any atom is -0.336 e. The molecule has 0 aliphatic rings. The van der Waals surface area contributed by atoms with Crippen molar-refractivity contribution in [2.45, 2.75) is 32.7 Å². The summed E-state index contributed by atoms with van der Waals surface area (Å²) in [5.74, 6) is 0.0885. The molecule has 0 bridgehead atoms. The first-order chi connectivity index (χ1) is 9.99. The highest BCUT2D eigenvalue weighted by Gasteiger charge is 2.21. The Bertz CT molecular complexity index is 447. The van der Waals surface area contributed by atoms with E-state index in [0.717, 1.165) is 12.8 Å². The number of amides is 2. The zero-order valence-electron chi connectivity index (χ0n) is 13.3. The molecule has 1 atom stereocenters. The summed E-state index contributed by atoms with van der Waals surface area (Å²) in [7, 11) is 4.03. The molecule has 0 aromatic heterocycles. The maximum atomic E-state index is 13.5. The lowest BCUT2D eigenvalue weighted by Gasteiger charge is -2.31. The molecule has 1 aromatic rings. The summed E-state index contributed by atoms with van der Waals surface area (Å²) in [6, 6.07) is 6.03.